The Morgan fingerprint density at radius 3 is 2.45 bits per heavy atom. The normalized spacial score (nSPS) is 17.3. The van der Waals surface area contributed by atoms with E-state index in [0.717, 1.165) is 23.1 Å². The zero-order valence-corrected chi connectivity index (χ0v) is 17.6. The van der Waals surface area contributed by atoms with Gasteiger partial charge in [-0.25, -0.2) is 18.1 Å². The van der Waals surface area contributed by atoms with Crippen LogP contribution in [0.2, 0.25) is 0 Å². The standard InChI is InChI=1S/C20H14N4O5S2/c1-31(27,28)20-23-30-19-22-17(25)15(16(21)24(19)20)11-12-7-9-14(10-8-12)29-18(26)13-5-3-2-4-6-13/h2-11,21H,1H3/b15-11-,21-16?. The lowest BCUT2D eigenvalue weighted by atomic mass is 10.1. The van der Waals surface area contributed by atoms with Crippen LogP contribution in [0.4, 0.5) is 0 Å². The van der Waals surface area contributed by atoms with Crippen LogP contribution in [0.3, 0.4) is 0 Å². The Hall–Kier alpha value is -3.57. The van der Waals surface area contributed by atoms with Crippen LogP contribution in [0.5, 0.6) is 5.75 Å². The first-order chi connectivity index (χ1) is 14.7. The van der Waals surface area contributed by atoms with Gasteiger partial charge in [0.25, 0.3) is 5.91 Å². The maximum absolute atomic E-state index is 12.4. The van der Waals surface area contributed by atoms with E-state index in [9.17, 15) is 18.0 Å². The first-order valence-electron chi connectivity index (χ1n) is 8.80. The minimum Gasteiger partial charge on any atom is -0.423 e. The van der Waals surface area contributed by atoms with Gasteiger partial charge in [0.1, 0.15) is 11.6 Å². The van der Waals surface area contributed by atoms with Gasteiger partial charge in [-0.1, -0.05) is 30.3 Å². The number of hydrogen-bond acceptors (Lipinski definition) is 8. The van der Waals surface area contributed by atoms with E-state index in [4.69, 9.17) is 10.1 Å². The zero-order chi connectivity index (χ0) is 22.2. The number of esters is 1. The van der Waals surface area contributed by atoms with Gasteiger partial charge in [-0.05, 0) is 35.9 Å². The molecular formula is C20H14N4O5S2. The van der Waals surface area contributed by atoms with E-state index in [2.05, 4.69) is 9.39 Å². The van der Waals surface area contributed by atoms with Crippen LogP contribution in [0.15, 0.2) is 69.6 Å². The number of nitrogens with one attached hydrogen (secondary N) is 1. The molecule has 156 valence electrons. The number of amidine groups is 3. The van der Waals surface area contributed by atoms with Crippen molar-refractivity contribution in [3.63, 3.8) is 0 Å². The van der Waals surface area contributed by atoms with Gasteiger partial charge in [0.2, 0.25) is 20.2 Å². The first kappa shape index (κ1) is 20.7. The molecule has 0 saturated carbocycles. The van der Waals surface area contributed by atoms with Gasteiger partial charge in [-0.3, -0.25) is 10.2 Å². The maximum Gasteiger partial charge on any atom is 0.343 e. The number of aliphatic imine (C=N–C) groups is 1. The second kappa shape index (κ2) is 7.93. The summed E-state index contributed by atoms with van der Waals surface area (Å²) in [7, 11) is -3.71. The average molecular weight is 454 g/mol. The van der Waals surface area contributed by atoms with Crippen molar-refractivity contribution >= 4 is 55.9 Å². The van der Waals surface area contributed by atoms with Gasteiger partial charge in [0.15, 0.2) is 0 Å². The molecule has 0 fully saturated rings. The molecule has 0 aliphatic carbocycles. The molecule has 9 nitrogen and oxygen atoms in total. The van der Waals surface area contributed by atoms with Crippen molar-refractivity contribution in [1.29, 1.82) is 5.41 Å². The van der Waals surface area contributed by atoms with E-state index in [-0.39, 0.29) is 21.7 Å². The van der Waals surface area contributed by atoms with Crippen LogP contribution in [0.25, 0.3) is 6.08 Å². The van der Waals surface area contributed by atoms with Gasteiger partial charge in [0, 0.05) is 6.26 Å². The summed E-state index contributed by atoms with van der Waals surface area (Å²) in [5.74, 6) is -1.20. The van der Waals surface area contributed by atoms with E-state index in [1.54, 1.807) is 54.6 Å². The highest BCUT2D eigenvalue weighted by Crippen LogP contribution is 2.29. The maximum atomic E-state index is 12.4. The van der Waals surface area contributed by atoms with Crippen LogP contribution in [-0.2, 0) is 14.6 Å². The van der Waals surface area contributed by atoms with Gasteiger partial charge in [-0.2, -0.15) is 9.39 Å². The smallest absolute Gasteiger partial charge is 0.343 e. The molecule has 2 aromatic carbocycles. The molecule has 11 heteroatoms. The summed E-state index contributed by atoms with van der Waals surface area (Å²) < 4.78 is 33.0. The van der Waals surface area contributed by atoms with E-state index in [0.29, 0.717) is 16.9 Å². The topological polar surface area (TPSA) is 129 Å². The van der Waals surface area contributed by atoms with Crippen LogP contribution in [-0.4, -0.2) is 47.6 Å². The Kier molecular flexibility index (Phi) is 5.29. The summed E-state index contributed by atoms with van der Waals surface area (Å²) >= 11 is 0.730. The van der Waals surface area contributed by atoms with Crippen molar-refractivity contribution < 1.29 is 22.7 Å². The summed E-state index contributed by atoms with van der Waals surface area (Å²) in [4.78, 5) is 29.4. The Labute approximate surface area is 181 Å². The van der Waals surface area contributed by atoms with Gasteiger partial charge >= 0.3 is 5.97 Å². The van der Waals surface area contributed by atoms with E-state index in [1.165, 1.54) is 6.08 Å². The Balaban J connectivity index is 1.56. The molecule has 2 aromatic rings. The van der Waals surface area contributed by atoms with E-state index < -0.39 is 21.7 Å². The van der Waals surface area contributed by atoms with E-state index >= 15 is 0 Å². The molecule has 0 bridgehead atoms. The summed E-state index contributed by atoms with van der Waals surface area (Å²) in [6.45, 7) is 0. The second-order valence-electron chi connectivity index (χ2n) is 6.50. The van der Waals surface area contributed by atoms with Crippen molar-refractivity contribution in [2.45, 2.75) is 0 Å². The highest BCUT2D eigenvalue weighted by atomic mass is 32.2. The Bertz CT molecular complexity index is 1300. The summed E-state index contributed by atoms with van der Waals surface area (Å²) in [5, 5.41) is 8.00. The number of nitrogens with zero attached hydrogens (tertiary/aromatic N) is 3. The number of carbonyl (C=O) groups is 2. The fourth-order valence-corrected chi connectivity index (χ4v) is 4.62. The summed E-state index contributed by atoms with van der Waals surface area (Å²) in [6.07, 6.45) is 2.38. The largest absolute Gasteiger partial charge is 0.423 e. The van der Waals surface area contributed by atoms with Gasteiger partial charge in [0.05, 0.1) is 23.1 Å². The molecular weight excluding hydrogens is 440 g/mol. The predicted molar refractivity (Wildman–Crippen MR) is 118 cm³/mol. The second-order valence-corrected chi connectivity index (χ2v) is 9.14. The SMILES string of the molecule is CS(=O)(=O)C1=NSC2=NC(=O)/C(=C\c3ccc(OC(=O)c4ccccc4)cc3)C(=N)N21. The highest BCUT2D eigenvalue weighted by Gasteiger charge is 2.41. The Morgan fingerprint density at radius 2 is 1.81 bits per heavy atom. The molecule has 31 heavy (non-hydrogen) atoms. The predicted octanol–water partition coefficient (Wildman–Crippen LogP) is 2.53. The lowest BCUT2D eigenvalue weighted by molar-refractivity contribution is -0.114. The molecule has 0 saturated heterocycles. The number of amides is 1. The highest BCUT2D eigenvalue weighted by molar-refractivity contribution is 8.16. The monoisotopic (exact) mass is 454 g/mol. The van der Waals surface area contributed by atoms with Crippen molar-refractivity contribution in [2.75, 3.05) is 6.26 Å². The number of rotatable bonds is 3. The molecule has 0 aromatic heterocycles. The van der Waals surface area contributed by atoms with Crippen LogP contribution in [0.1, 0.15) is 15.9 Å². The molecule has 2 aliphatic rings. The minimum absolute atomic E-state index is 0.0238. The summed E-state index contributed by atoms with van der Waals surface area (Å²) in [6, 6.07) is 14.8. The van der Waals surface area contributed by atoms with Crippen molar-refractivity contribution in [1.82, 2.24) is 4.90 Å². The lowest BCUT2D eigenvalue weighted by Crippen LogP contribution is -2.45. The van der Waals surface area contributed by atoms with Crippen LogP contribution >= 0.6 is 11.9 Å². The number of ether oxygens (including phenoxy) is 1. The molecule has 0 spiro atoms. The molecule has 0 atom stereocenters. The van der Waals surface area contributed by atoms with Crippen molar-refractivity contribution in [3.05, 3.63) is 71.3 Å². The Morgan fingerprint density at radius 1 is 1.13 bits per heavy atom. The van der Waals surface area contributed by atoms with Gasteiger partial charge < -0.3 is 4.74 Å². The fourth-order valence-electron chi connectivity index (χ4n) is 2.78. The van der Waals surface area contributed by atoms with Crippen LogP contribution < -0.4 is 4.74 Å². The molecule has 4 rings (SSSR count). The number of sulfone groups is 1. The van der Waals surface area contributed by atoms with Crippen molar-refractivity contribution in [2.24, 2.45) is 9.39 Å². The van der Waals surface area contributed by atoms with Gasteiger partial charge in [-0.15, -0.1) is 0 Å². The van der Waals surface area contributed by atoms with Crippen LogP contribution in [0, 0.1) is 5.41 Å². The third-order valence-corrected chi connectivity index (χ3v) is 5.99. The molecule has 0 radical (unpaired) electrons. The molecule has 1 N–H and O–H groups in total. The van der Waals surface area contributed by atoms with Crippen molar-refractivity contribution in [3.8, 4) is 5.75 Å². The zero-order valence-electron chi connectivity index (χ0n) is 16.0. The quantitative estimate of drug-likeness (QED) is 0.326. The summed E-state index contributed by atoms with van der Waals surface area (Å²) in [5.41, 5.74) is 0.864. The molecule has 0 unspecified atom stereocenters. The number of benzene rings is 2. The minimum atomic E-state index is -3.71. The number of carbonyl (C=O) groups excluding carboxylic acids is 2. The number of fused-ring (bicyclic) bond motifs is 1. The first-order valence-corrected chi connectivity index (χ1v) is 11.5. The molecule has 2 aliphatic heterocycles. The third kappa shape index (κ3) is 4.18. The molecule has 1 amide bonds. The number of hydrogen-bond donors (Lipinski definition) is 1. The average Bonchev–Trinajstić information content (AvgIpc) is 3.17. The molecule has 2 heterocycles. The lowest BCUT2D eigenvalue weighted by Gasteiger charge is -2.23. The van der Waals surface area contributed by atoms with E-state index in [1.807, 2.05) is 0 Å². The fraction of sp³-hybridized carbons (Fsp3) is 0.0500. The third-order valence-electron chi connectivity index (χ3n) is 4.24.